The zero-order valence-electron chi connectivity index (χ0n) is 6.24. The molecule has 0 radical (unpaired) electrons. The fraction of sp³-hybridized carbons (Fsp3) is 1.00. The Balaban J connectivity index is 1.90. The molecule has 0 N–H and O–H groups in total. The third-order valence-electron chi connectivity index (χ3n) is 2.40. The third kappa shape index (κ3) is 1.26. The highest BCUT2D eigenvalue weighted by Crippen LogP contribution is 2.60. The fourth-order valence-electron chi connectivity index (χ4n) is 1.15. The topological polar surface area (TPSA) is 0 Å². The van der Waals surface area contributed by atoms with E-state index in [1.54, 1.807) is 0 Å². The van der Waals surface area contributed by atoms with Crippen LogP contribution in [0.5, 0.6) is 0 Å². The molecule has 2 aliphatic carbocycles. The minimum atomic E-state index is 0.714. The van der Waals surface area contributed by atoms with Crippen LogP contribution in [-0.2, 0) is 0 Å². The van der Waals surface area contributed by atoms with Crippen LogP contribution in [0.15, 0.2) is 0 Å². The largest absolute Gasteiger partial charge is 0.149 e. The van der Waals surface area contributed by atoms with Crippen LogP contribution in [-0.4, -0.2) is 9.49 Å². The first-order valence-corrected chi connectivity index (χ1v) is 4.64. The van der Waals surface area contributed by atoms with E-state index < -0.39 is 0 Å². The third-order valence-corrected chi connectivity index (χ3v) is 4.20. The molecule has 0 atom stereocenters. The average Bonchev–Trinajstić information content (AvgIpc) is 2.55. The Morgan fingerprint density at radius 2 is 1.22 bits per heavy atom. The molecule has 52 valence electrons. The van der Waals surface area contributed by atoms with Gasteiger partial charge in [0.05, 0.1) is 0 Å². The van der Waals surface area contributed by atoms with Gasteiger partial charge < -0.3 is 0 Å². The van der Waals surface area contributed by atoms with Crippen molar-refractivity contribution in [1.29, 1.82) is 0 Å². The summed E-state index contributed by atoms with van der Waals surface area (Å²) in [6, 6.07) is 0. The van der Waals surface area contributed by atoms with Crippen LogP contribution in [0.25, 0.3) is 0 Å². The van der Waals surface area contributed by atoms with Gasteiger partial charge in [0.15, 0.2) is 0 Å². The van der Waals surface area contributed by atoms with Gasteiger partial charge in [0.1, 0.15) is 0 Å². The van der Waals surface area contributed by atoms with Crippen LogP contribution in [0, 0.1) is 0 Å². The zero-order valence-corrected chi connectivity index (χ0v) is 7.05. The Kier molecular flexibility index (Phi) is 1.01. The van der Waals surface area contributed by atoms with Gasteiger partial charge in [-0.1, -0.05) is 13.8 Å². The zero-order chi connectivity index (χ0) is 6.54. The molecule has 0 aromatic heterocycles. The predicted molar refractivity (Wildman–Crippen MR) is 42.9 cm³/mol. The molecule has 1 heteroatoms. The van der Waals surface area contributed by atoms with Crippen molar-refractivity contribution in [3.8, 4) is 0 Å². The van der Waals surface area contributed by atoms with Crippen molar-refractivity contribution in [3.05, 3.63) is 0 Å². The van der Waals surface area contributed by atoms with Gasteiger partial charge in [0.2, 0.25) is 0 Å². The molecule has 0 spiro atoms. The number of hydrogen-bond acceptors (Lipinski definition) is 1. The van der Waals surface area contributed by atoms with E-state index in [-0.39, 0.29) is 0 Å². The highest BCUT2D eigenvalue weighted by atomic mass is 32.2. The average molecular weight is 142 g/mol. The van der Waals surface area contributed by atoms with Gasteiger partial charge in [0, 0.05) is 9.49 Å². The van der Waals surface area contributed by atoms with Crippen LogP contribution in [0.4, 0.5) is 0 Å². The summed E-state index contributed by atoms with van der Waals surface area (Å²) in [5, 5.41) is 0. The van der Waals surface area contributed by atoms with Crippen molar-refractivity contribution in [3.63, 3.8) is 0 Å². The van der Waals surface area contributed by atoms with E-state index in [9.17, 15) is 0 Å². The second kappa shape index (κ2) is 1.50. The summed E-state index contributed by atoms with van der Waals surface area (Å²) < 4.78 is 1.43. The molecular weight excluding hydrogens is 128 g/mol. The van der Waals surface area contributed by atoms with Crippen LogP contribution >= 0.6 is 11.8 Å². The van der Waals surface area contributed by atoms with Crippen LogP contribution in [0.3, 0.4) is 0 Å². The van der Waals surface area contributed by atoms with Gasteiger partial charge in [-0.2, -0.15) is 0 Å². The lowest BCUT2D eigenvalue weighted by atomic mass is 10.5. The van der Waals surface area contributed by atoms with Gasteiger partial charge >= 0.3 is 0 Å². The van der Waals surface area contributed by atoms with Crippen molar-refractivity contribution < 1.29 is 0 Å². The predicted octanol–water partition coefficient (Wildman–Crippen LogP) is 2.82. The molecule has 0 bridgehead atoms. The first kappa shape index (κ1) is 6.09. The van der Waals surface area contributed by atoms with Crippen LogP contribution < -0.4 is 0 Å². The Morgan fingerprint density at radius 1 is 0.889 bits per heavy atom. The summed E-state index contributed by atoms with van der Waals surface area (Å²) in [6.45, 7) is 4.81. The number of hydrogen-bond donors (Lipinski definition) is 0. The highest BCUT2D eigenvalue weighted by molar-refractivity contribution is 8.02. The van der Waals surface area contributed by atoms with Gasteiger partial charge in [-0.15, -0.1) is 11.8 Å². The normalized spacial score (nSPS) is 34.0. The van der Waals surface area contributed by atoms with Crippen LogP contribution in [0.1, 0.15) is 39.5 Å². The Hall–Kier alpha value is 0.350. The quantitative estimate of drug-likeness (QED) is 0.571. The minimum Gasteiger partial charge on any atom is -0.149 e. The lowest BCUT2D eigenvalue weighted by Crippen LogP contribution is -2.04. The van der Waals surface area contributed by atoms with E-state index in [0.29, 0.717) is 9.49 Å². The second-order valence-corrected chi connectivity index (χ2v) is 6.18. The summed E-state index contributed by atoms with van der Waals surface area (Å²) in [5.41, 5.74) is 0. The standard InChI is InChI=1S/C8H14S/c1-7(3-4-7)9-8(2)5-6-8/h3-6H2,1-2H3. The minimum absolute atomic E-state index is 0.714. The second-order valence-electron chi connectivity index (χ2n) is 4.00. The molecule has 0 saturated heterocycles. The molecule has 0 aromatic rings. The van der Waals surface area contributed by atoms with Crippen molar-refractivity contribution in [2.24, 2.45) is 0 Å². The van der Waals surface area contributed by atoms with Crippen molar-refractivity contribution >= 4 is 11.8 Å². The first-order chi connectivity index (χ1) is 4.12. The summed E-state index contributed by atoms with van der Waals surface area (Å²) in [6.07, 6.45) is 5.86. The smallest absolute Gasteiger partial charge is 0.0138 e. The summed E-state index contributed by atoms with van der Waals surface area (Å²) in [5.74, 6) is 0. The maximum atomic E-state index is 2.40. The highest BCUT2D eigenvalue weighted by Gasteiger charge is 2.49. The molecule has 0 aliphatic heterocycles. The summed E-state index contributed by atoms with van der Waals surface area (Å²) >= 11 is 2.24. The maximum Gasteiger partial charge on any atom is 0.0138 e. The Bertz CT molecular complexity index is 116. The number of rotatable bonds is 2. The van der Waals surface area contributed by atoms with Crippen molar-refractivity contribution in [2.45, 2.75) is 49.0 Å². The van der Waals surface area contributed by atoms with E-state index in [0.717, 1.165) is 0 Å². The van der Waals surface area contributed by atoms with Gasteiger partial charge in [-0.05, 0) is 25.7 Å². The molecule has 0 amide bonds. The maximum absolute atomic E-state index is 2.40. The number of thioether (sulfide) groups is 1. The first-order valence-electron chi connectivity index (χ1n) is 3.82. The van der Waals surface area contributed by atoms with Crippen molar-refractivity contribution in [2.75, 3.05) is 0 Å². The molecule has 0 heterocycles. The van der Waals surface area contributed by atoms with Crippen LogP contribution in [0.2, 0.25) is 0 Å². The Morgan fingerprint density at radius 3 is 1.44 bits per heavy atom. The molecule has 0 unspecified atom stereocenters. The van der Waals surface area contributed by atoms with Crippen molar-refractivity contribution in [1.82, 2.24) is 0 Å². The van der Waals surface area contributed by atoms with E-state index in [2.05, 4.69) is 25.6 Å². The van der Waals surface area contributed by atoms with Gasteiger partial charge in [-0.25, -0.2) is 0 Å². The molecule has 2 aliphatic rings. The van der Waals surface area contributed by atoms with Gasteiger partial charge in [-0.3, -0.25) is 0 Å². The summed E-state index contributed by atoms with van der Waals surface area (Å²) in [4.78, 5) is 0. The summed E-state index contributed by atoms with van der Waals surface area (Å²) in [7, 11) is 0. The van der Waals surface area contributed by atoms with E-state index >= 15 is 0 Å². The monoisotopic (exact) mass is 142 g/mol. The Labute approximate surface area is 61.4 Å². The molecule has 2 fully saturated rings. The van der Waals surface area contributed by atoms with E-state index in [1.165, 1.54) is 25.7 Å². The molecule has 0 nitrogen and oxygen atoms in total. The molecule has 2 rings (SSSR count). The fourth-order valence-corrected chi connectivity index (χ4v) is 2.95. The lowest BCUT2D eigenvalue weighted by molar-refractivity contribution is 0.981. The molecule has 9 heavy (non-hydrogen) atoms. The molecule has 0 aromatic carbocycles. The van der Waals surface area contributed by atoms with E-state index in [1.807, 2.05) is 0 Å². The molecule has 2 saturated carbocycles. The van der Waals surface area contributed by atoms with E-state index in [4.69, 9.17) is 0 Å². The lowest BCUT2D eigenvalue weighted by Gasteiger charge is -2.13. The van der Waals surface area contributed by atoms with Gasteiger partial charge in [0.25, 0.3) is 0 Å². The SMILES string of the molecule is CC1(SC2(C)CC2)CC1. The molecular formula is C8H14S.